The standard InChI is InChI=1S/C21H27N3O3/c1-15-5-3-7-19(16(15)2)23-21(26)20(25)22-13-17-8-10-24(11-9-17)14-18-6-4-12-27-18/h3-7,12,17H,8-11,13-14H2,1-2H3,(H,22,25)(H,23,26). The van der Waals surface area contributed by atoms with Gasteiger partial charge in [0.25, 0.3) is 0 Å². The van der Waals surface area contributed by atoms with Crippen LogP contribution in [0.1, 0.15) is 29.7 Å². The zero-order valence-electron chi connectivity index (χ0n) is 16.0. The second-order valence-corrected chi connectivity index (χ2v) is 7.21. The zero-order valence-corrected chi connectivity index (χ0v) is 16.0. The molecule has 0 spiro atoms. The summed E-state index contributed by atoms with van der Waals surface area (Å²) in [4.78, 5) is 26.6. The van der Waals surface area contributed by atoms with Gasteiger partial charge in [-0.05, 0) is 75.0 Å². The lowest BCUT2D eigenvalue weighted by atomic mass is 9.96. The number of carbonyl (C=O) groups excluding carboxylic acids is 2. The fraction of sp³-hybridized carbons (Fsp3) is 0.429. The molecule has 1 aliphatic rings. The molecule has 1 aromatic carbocycles. The van der Waals surface area contributed by atoms with Gasteiger partial charge in [-0.1, -0.05) is 12.1 Å². The van der Waals surface area contributed by atoms with Gasteiger partial charge in [0.1, 0.15) is 5.76 Å². The Morgan fingerprint density at radius 2 is 1.89 bits per heavy atom. The van der Waals surface area contributed by atoms with Gasteiger partial charge in [0, 0.05) is 12.2 Å². The average Bonchev–Trinajstić information content (AvgIpc) is 3.17. The van der Waals surface area contributed by atoms with Crippen LogP contribution in [-0.4, -0.2) is 36.3 Å². The van der Waals surface area contributed by atoms with Gasteiger partial charge >= 0.3 is 11.8 Å². The largest absolute Gasteiger partial charge is 0.468 e. The van der Waals surface area contributed by atoms with Crippen molar-refractivity contribution in [3.8, 4) is 0 Å². The lowest BCUT2D eigenvalue weighted by Crippen LogP contribution is -2.41. The number of hydrogen-bond donors (Lipinski definition) is 2. The third-order valence-electron chi connectivity index (χ3n) is 5.28. The zero-order chi connectivity index (χ0) is 19.2. The summed E-state index contributed by atoms with van der Waals surface area (Å²) in [6.07, 6.45) is 3.69. The number of nitrogens with one attached hydrogen (secondary N) is 2. The predicted octanol–water partition coefficient (Wildman–Crippen LogP) is 2.86. The number of likely N-dealkylation sites (tertiary alicyclic amines) is 1. The summed E-state index contributed by atoms with van der Waals surface area (Å²) < 4.78 is 5.39. The number of aryl methyl sites for hydroxylation is 1. The Morgan fingerprint density at radius 1 is 1.11 bits per heavy atom. The van der Waals surface area contributed by atoms with Crippen molar-refractivity contribution in [1.29, 1.82) is 0 Å². The first kappa shape index (κ1) is 19.2. The Balaban J connectivity index is 1.40. The van der Waals surface area contributed by atoms with Gasteiger partial charge < -0.3 is 15.1 Å². The lowest BCUT2D eigenvalue weighted by molar-refractivity contribution is -0.136. The molecule has 1 aromatic heterocycles. The molecular formula is C21H27N3O3. The lowest BCUT2D eigenvalue weighted by Gasteiger charge is -2.31. The first-order valence-electron chi connectivity index (χ1n) is 9.43. The van der Waals surface area contributed by atoms with E-state index in [9.17, 15) is 9.59 Å². The maximum absolute atomic E-state index is 12.1. The summed E-state index contributed by atoms with van der Waals surface area (Å²) in [5.41, 5.74) is 2.73. The highest BCUT2D eigenvalue weighted by Gasteiger charge is 2.22. The van der Waals surface area contributed by atoms with Crippen LogP contribution < -0.4 is 10.6 Å². The van der Waals surface area contributed by atoms with Crippen LogP contribution in [-0.2, 0) is 16.1 Å². The molecule has 2 aromatic rings. The number of anilines is 1. The molecular weight excluding hydrogens is 342 g/mol. The number of piperidine rings is 1. The van der Waals surface area contributed by atoms with E-state index in [1.165, 1.54) is 0 Å². The minimum Gasteiger partial charge on any atom is -0.468 e. The quantitative estimate of drug-likeness (QED) is 0.795. The van der Waals surface area contributed by atoms with Crippen molar-refractivity contribution in [3.05, 3.63) is 53.5 Å². The van der Waals surface area contributed by atoms with Crippen LogP contribution in [0.25, 0.3) is 0 Å². The summed E-state index contributed by atoms with van der Waals surface area (Å²) in [7, 11) is 0. The molecule has 6 nitrogen and oxygen atoms in total. The van der Waals surface area contributed by atoms with Crippen LogP contribution >= 0.6 is 0 Å². The number of nitrogens with zero attached hydrogens (tertiary/aromatic N) is 1. The number of amides is 2. The molecule has 0 unspecified atom stereocenters. The van der Waals surface area contributed by atoms with Gasteiger partial charge in [-0.2, -0.15) is 0 Å². The van der Waals surface area contributed by atoms with E-state index in [0.717, 1.165) is 49.4 Å². The van der Waals surface area contributed by atoms with Crippen LogP contribution in [0.4, 0.5) is 5.69 Å². The molecule has 1 fully saturated rings. The minimum atomic E-state index is -0.612. The molecule has 6 heteroatoms. The number of furan rings is 1. The van der Waals surface area contributed by atoms with Crippen LogP contribution in [0.15, 0.2) is 41.0 Å². The molecule has 1 aliphatic heterocycles. The Labute approximate surface area is 159 Å². The summed E-state index contributed by atoms with van der Waals surface area (Å²) in [5, 5.41) is 5.48. The summed E-state index contributed by atoms with van der Waals surface area (Å²) in [6.45, 7) is 7.20. The van der Waals surface area contributed by atoms with Gasteiger partial charge in [-0.15, -0.1) is 0 Å². The molecule has 0 bridgehead atoms. The van der Waals surface area contributed by atoms with Gasteiger partial charge in [0.15, 0.2) is 0 Å². The third kappa shape index (κ3) is 5.20. The first-order chi connectivity index (χ1) is 13.0. The number of rotatable bonds is 5. The average molecular weight is 369 g/mol. The topological polar surface area (TPSA) is 74.6 Å². The number of hydrogen-bond acceptors (Lipinski definition) is 4. The third-order valence-corrected chi connectivity index (χ3v) is 5.28. The van der Waals surface area contributed by atoms with E-state index in [-0.39, 0.29) is 0 Å². The van der Waals surface area contributed by atoms with Crippen LogP contribution in [0.3, 0.4) is 0 Å². The van der Waals surface area contributed by atoms with E-state index in [0.29, 0.717) is 18.2 Å². The van der Waals surface area contributed by atoms with Gasteiger partial charge in [0.05, 0.1) is 12.8 Å². The van der Waals surface area contributed by atoms with E-state index in [2.05, 4.69) is 15.5 Å². The maximum Gasteiger partial charge on any atom is 0.313 e. The highest BCUT2D eigenvalue weighted by molar-refractivity contribution is 6.39. The van der Waals surface area contributed by atoms with Crippen molar-refractivity contribution < 1.29 is 14.0 Å². The Morgan fingerprint density at radius 3 is 2.59 bits per heavy atom. The van der Waals surface area contributed by atoms with Crippen molar-refractivity contribution in [2.75, 3.05) is 25.0 Å². The highest BCUT2D eigenvalue weighted by atomic mass is 16.3. The Bertz CT molecular complexity index is 778. The predicted molar refractivity (Wildman–Crippen MR) is 104 cm³/mol. The number of benzene rings is 1. The molecule has 0 aliphatic carbocycles. The molecule has 2 N–H and O–H groups in total. The van der Waals surface area contributed by atoms with E-state index in [1.807, 2.05) is 44.2 Å². The van der Waals surface area contributed by atoms with Gasteiger partial charge in [-0.3, -0.25) is 14.5 Å². The SMILES string of the molecule is Cc1cccc(NC(=O)C(=O)NCC2CCN(Cc3ccco3)CC2)c1C. The summed E-state index contributed by atoms with van der Waals surface area (Å²) >= 11 is 0. The maximum atomic E-state index is 12.1. The molecule has 0 radical (unpaired) electrons. The van der Waals surface area contributed by atoms with Gasteiger partial charge in [0.2, 0.25) is 0 Å². The second-order valence-electron chi connectivity index (χ2n) is 7.21. The van der Waals surface area contributed by atoms with Crippen LogP contribution in [0.2, 0.25) is 0 Å². The van der Waals surface area contributed by atoms with Crippen molar-refractivity contribution in [2.24, 2.45) is 5.92 Å². The molecule has 144 valence electrons. The molecule has 27 heavy (non-hydrogen) atoms. The minimum absolute atomic E-state index is 0.398. The summed E-state index contributed by atoms with van der Waals surface area (Å²) in [5.74, 6) is 0.188. The normalized spacial score (nSPS) is 15.5. The van der Waals surface area contributed by atoms with E-state index < -0.39 is 11.8 Å². The first-order valence-corrected chi connectivity index (χ1v) is 9.43. The highest BCUT2D eigenvalue weighted by Crippen LogP contribution is 2.19. The number of carbonyl (C=O) groups is 2. The van der Waals surface area contributed by atoms with Gasteiger partial charge in [-0.25, -0.2) is 0 Å². The Kier molecular flexibility index (Phi) is 6.29. The fourth-order valence-corrected chi connectivity index (χ4v) is 3.35. The van der Waals surface area contributed by atoms with Crippen LogP contribution in [0.5, 0.6) is 0 Å². The molecule has 2 amide bonds. The second kappa shape index (κ2) is 8.86. The van der Waals surface area contributed by atoms with Crippen molar-refractivity contribution in [2.45, 2.75) is 33.2 Å². The van der Waals surface area contributed by atoms with E-state index in [4.69, 9.17) is 4.42 Å². The van der Waals surface area contributed by atoms with Crippen molar-refractivity contribution >= 4 is 17.5 Å². The molecule has 2 heterocycles. The van der Waals surface area contributed by atoms with E-state index >= 15 is 0 Å². The van der Waals surface area contributed by atoms with Crippen molar-refractivity contribution in [1.82, 2.24) is 10.2 Å². The van der Waals surface area contributed by atoms with Crippen molar-refractivity contribution in [3.63, 3.8) is 0 Å². The van der Waals surface area contributed by atoms with E-state index in [1.54, 1.807) is 6.26 Å². The molecule has 1 saturated heterocycles. The Hall–Kier alpha value is -2.60. The van der Waals surface area contributed by atoms with Crippen LogP contribution in [0, 0.1) is 19.8 Å². The molecule has 3 rings (SSSR count). The molecule has 0 atom stereocenters. The smallest absolute Gasteiger partial charge is 0.313 e. The molecule has 0 saturated carbocycles. The summed E-state index contributed by atoms with van der Waals surface area (Å²) in [6, 6.07) is 9.54. The monoisotopic (exact) mass is 369 g/mol. The fourth-order valence-electron chi connectivity index (χ4n) is 3.35.